The molecule has 2 aromatic rings. The van der Waals surface area contributed by atoms with E-state index in [0.717, 1.165) is 35.4 Å². The van der Waals surface area contributed by atoms with Crippen LogP contribution in [0.5, 0.6) is 0 Å². The summed E-state index contributed by atoms with van der Waals surface area (Å²) in [6, 6.07) is 2.19. The summed E-state index contributed by atoms with van der Waals surface area (Å²) in [5, 5.41) is 4.40. The van der Waals surface area contributed by atoms with E-state index < -0.39 is 14.5 Å². The SMILES string of the molecule is CC1COCCN1c1cc(C2(S(C)(=N)=O)CC2)n2ncc(Br)c2n1. The first kappa shape index (κ1) is 16.3. The van der Waals surface area contributed by atoms with E-state index in [0.29, 0.717) is 18.9 Å². The van der Waals surface area contributed by atoms with E-state index in [-0.39, 0.29) is 6.04 Å². The van der Waals surface area contributed by atoms with Crippen LogP contribution in [0, 0.1) is 4.78 Å². The Balaban J connectivity index is 1.93. The molecule has 3 heterocycles. The number of anilines is 1. The molecule has 2 aromatic heterocycles. The zero-order valence-corrected chi connectivity index (χ0v) is 16.1. The zero-order chi connectivity index (χ0) is 17.1. The maximum Gasteiger partial charge on any atom is 0.171 e. The summed E-state index contributed by atoms with van der Waals surface area (Å²) < 4.78 is 28.3. The Morgan fingerprint density at radius 1 is 1.50 bits per heavy atom. The zero-order valence-electron chi connectivity index (χ0n) is 13.7. The van der Waals surface area contributed by atoms with Crippen molar-refractivity contribution in [3.8, 4) is 0 Å². The van der Waals surface area contributed by atoms with Gasteiger partial charge in [-0.25, -0.2) is 13.7 Å². The number of aromatic nitrogens is 3. The molecule has 2 atom stereocenters. The van der Waals surface area contributed by atoms with Crippen molar-refractivity contribution in [3.05, 3.63) is 22.4 Å². The topological polar surface area (TPSA) is 83.6 Å². The van der Waals surface area contributed by atoms with Gasteiger partial charge in [0.1, 0.15) is 5.82 Å². The number of ether oxygens (including phenoxy) is 1. The summed E-state index contributed by atoms with van der Waals surface area (Å²) in [6.45, 7) is 4.21. The molecule has 0 bridgehead atoms. The molecule has 24 heavy (non-hydrogen) atoms. The summed E-state index contributed by atoms with van der Waals surface area (Å²) in [7, 11) is -2.73. The molecule has 1 saturated heterocycles. The van der Waals surface area contributed by atoms with Crippen LogP contribution in [0.15, 0.2) is 16.7 Å². The van der Waals surface area contributed by atoms with Crippen LogP contribution < -0.4 is 4.90 Å². The molecule has 0 amide bonds. The number of morpholine rings is 1. The molecule has 130 valence electrons. The van der Waals surface area contributed by atoms with Crippen molar-refractivity contribution in [3.63, 3.8) is 0 Å². The molecule has 9 heteroatoms. The Kier molecular flexibility index (Phi) is 3.67. The highest BCUT2D eigenvalue weighted by Gasteiger charge is 2.53. The van der Waals surface area contributed by atoms with Gasteiger partial charge >= 0.3 is 0 Å². The molecule has 2 unspecified atom stereocenters. The van der Waals surface area contributed by atoms with Crippen molar-refractivity contribution >= 4 is 37.1 Å². The number of nitrogens with zero attached hydrogens (tertiary/aromatic N) is 4. The van der Waals surface area contributed by atoms with E-state index in [2.05, 4.69) is 32.9 Å². The van der Waals surface area contributed by atoms with Gasteiger partial charge in [0.15, 0.2) is 5.65 Å². The Morgan fingerprint density at radius 3 is 2.88 bits per heavy atom. The fourth-order valence-electron chi connectivity index (χ4n) is 3.42. The van der Waals surface area contributed by atoms with Crippen molar-refractivity contribution in [2.75, 3.05) is 30.9 Å². The number of hydrogen-bond acceptors (Lipinski definition) is 6. The first-order valence-electron chi connectivity index (χ1n) is 7.96. The van der Waals surface area contributed by atoms with Crippen LogP contribution in [0.1, 0.15) is 25.5 Å². The van der Waals surface area contributed by atoms with Crippen LogP contribution in [0.25, 0.3) is 5.65 Å². The molecule has 1 N–H and O–H groups in total. The quantitative estimate of drug-likeness (QED) is 0.834. The van der Waals surface area contributed by atoms with Gasteiger partial charge in [0, 0.05) is 18.9 Å². The molecular formula is C15H20BrN5O2S. The van der Waals surface area contributed by atoms with Crippen LogP contribution in [0.4, 0.5) is 5.82 Å². The van der Waals surface area contributed by atoms with Gasteiger partial charge in [-0.3, -0.25) is 4.78 Å². The highest BCUT2D eigenvalue weighted by Crippen LogP contribution is 2.53. The second-order valence-corrected chi connectivity index (χ2v) is 10.0. The highest BCUT2D eigenvalue weighted by molar-refractivity contribution is 9.10. The van der Waals surface area contributed by atoms with Gasteiger partial charge in [-0.2, -0.15) is 5.10 Å². The van der Waals surface area contributed by atoms with Gasteiger partial charge in [0.05, 0.1) is 50.1 Å². The molecule has 1 aliphatic carbocycles. The van der Waals surface area contributed by atoms with Crippen LogP contribution in [-0.4, -0.2) is 50.9 Å². The molecular weight excluding hydrogens is 394 g/mol. The van der Waals surface area contributed by atoms with E-state index in [1.165, 1.54) is 6.26 Å². The monoisotopic (exact) mass is 413 g/mol. The minimum absolute atomic E-state index is 0.223. The van der Waals surface area contributed by atoms with Crippen LogP contribution >= 0.6 is 15.9 Å². The molecule has 1 saturated carbocycles. The average molecular weight is 414 g/mol. The number of halogens is 1. The average Bonchev–Trinajstić information content (AvgIpc) is 3.27. The minimum atomic E-state index is -2.73. The molecule has 0 aromatic carbocycles. The van der Waals surface area contributed by atoms with E-state index in [4.69, 9.17) is 14.5 Å². The second kappa shape index (κ2) is 5.40. The lowest BCUT2D eigenvalue weighted by atomic mass is 10.2. The van der Waals surface area contributed by atoms with E-state index in [1.54, 1.807) is 10.7 Å². The van der Waals surface area contributed by atoms with Gasteiger partial charge in [0.2, 0.25) is 0 Å². The normalized spacial score (nSPS) is 25.6. The van der Waals surface area contributed by atoms with Gasteiger partial charge in [-0.15, -0.1) is 0 Å². The molecule has 0 radical (unpaired) electrons. The molecule has 4 rings (SSSR count). The Hall–Kier alpha value is -1.19. The Bertz CT molecular complexity index is 906. The van der Waals surface area contributed by atoms with Crippen LogP contribution in [0.2, 0.25) is 0 Å². The molecule has 0 spiro atoms. The van der Waals surface area contributed by atoms with Crippen molar-refractivity contribution < 1.29 is 8.95 Å². The van der Waals surface area contributed by atoms with Crippen molar-refractivity contribution in [2.24, 2.45) is 0 Å². The van der Waals surface area contributed by atoms with Crippen molar-refractivity contribution in [2.45, 2.75) is 30.6 Å². The van der Waals surface area contributed by atoms with Crippen molar-refractivity contribution in [1.82, 2.24) is 14.6 Å². The number of hydrogen-bond donors (Lipinski definition) is 1. The van der Waals surface area contributed by atoms with E-state index in [9.17, 15) is 4.21 Å². The first-order valence-corrected chi connectivity index (χ1v) is 10.7. The van der Waals surface area contributed by atoms with Crippen molar-refractivity contribution in [1.29, 1.82) is 4.78 Å². The maximum atomic E-state index is 12.6. The summed E-state index contributed by atoms with van der Waals surface area (Å²) in [5.74, 6) is 0.837. The predicted molar refractivity (Wildman–Crippen MR) is 96.0 cm³/mol. The third kappa shape index (κ3) is 2.36. The fourth-order valence-corrected chi connectivity index (χ4v) is 5.19. The largest absolute Gasteiger partial charge is 0.377 e. The van der Waals surface area contributed by atoms with E-state index >= 15 is 0 Å². The summed E-state index contributed by atoms with van der Waals surface area (Å²) in [5.41, 5.74) is 1.53. The number of fused-ring (bicyclic) bond motifs is 1. The van der Waals surface area contributed by atoms with Gasteiger partial charge in [0.25, 0.3) is 0 Å². The smallest absolute Gasteiger partial charge is 0.171 e. The summed E-state index contributed by atoms with van der Waals surface area (Å²) >= 11 is 3.50. The fraction of sp³-hybridized carbons (Fsp3) is 0.600. The highest BCUT2D eigenvalue weighted by atomic mass is 79.9. The Labute approximate surface area is 149 Å². The maximum absolute atomic E-state index is 12.6. The molecule has 2 fully saturated rings. The van der Waals surface area contributed by atoms with Gasteiger partial charge in [-0.1, -0.05) is 0 Å². The van der Waals surface area contributed by atoms with Gasteiger partial charge < -0.3 is 9.64 Å². The van der Waals surface area contributed by atoms with E-state index in [1.807, 2.05) is 6.07 Å². The standard InChI is InChI=1S/C15H20BrN5O2S/c1-10-9-23-6-5-20(10)13-7-12(15(3-4-15)24(2,17)22)21-14(19-13)11(16)8-18-21/h7-8,10,17H,3-6,9H2,1-2H3. The lowest BCUT2D eigenvalue weighted by molar-refractivity contribution is 0.0985. The summed E-state index contributed by atoms with van der Waals surface area (Å²) in [6.07, 6.45) is 4.73. The molecule has 1 aliphatic heterocycles. The second-order valence-electron chi connectivity index (χ2n) is 6.68. The number of rotatable bonds is 3. The lowest BCUT2D eigenvalue weighted by Gasteiger charge is -2.34. The van der Waals surface area contributed by atoms with Crippen LogP contribution in [0.3, 0.4) is 0 Å². The first-order chi connectivity index (χ1) is 11.3. The minimum Gasteiger partial charge on any atom is -0.377 e. The Morgan fingerprint density at radius 2 is 2.25 bits per heavy atom. The van der Waals surface area contributed by atoms with Gasteiger partial charge in [-0.05, 0) is 35.7 Å². The molecule has 7 nitrogen and oxygen atoms in total. The lowest BCUT2D eigenvalue weighted by Crippen LogP contribution is -2.44. The third-order valence-electron chi connectivity index (χ3n) is 4.99. The van der Waals surface area contributed by atoms with Crippen LogP contribution in [-0.2, 0) is 19.2 Å². The number of nitrogens with one attached hydrogen (secondary N) is 1. The predicted octanol–water partition coefficient (Wildman–Crippen LogP) is 2.38. The third-order valence-corrected chi connectivity index (χ3v) is 7.66. The summed E-state index contributed by atoms with van der Waals surface area (Å²) in [4.78, 5) is 6.98. The molecule has 2 aliphatic rings.